The van der Waals surface area contributed by atoms with E-state index >= 15 is 0 Å². The summed E-state index contributed by atoms with van der Waals surface area (Å²) in [6.45, 7) is 11.3. The third-order valence-electron chi connectivity index (χ3n) is 9.01. The molecule has 4 bridgehead atoms. The van der Waals surface area contributed by atoms with Crippen molar-refractivity contribution in [3.8, 4) is 5.75 Å². The van der Waals surface area contributed by atoms with Crippen LogP contribution in [0.3, 0.4) is 0 Å². The van der Waals surface area contributed by atoms with Gasteiger partial charge in [0.2, 0.25) is 5.78 Å². The van der Waals surface area contributed by atoms with Crippen LogP contribution in [0.15, 0.2) is 89.2 Å². The molecule has 10 heteroatoms. The molecule has 0 radical (unpaired) electrons. The Labute approximate surface area is 293 Å². The van der Waals surface area contributed by atoms with E-state index < -0.39 is 59.2 Å². The first-order chi connectivity index (χ1) is 23.4. The molecule has 0 fully saturated rings. The van der Waals surface area contributed by atoms with Crippen LogP contribution in [0, 0.1) is 24.7 Å². The summed E-state index contributed by atoms with van der Waals surface area (Å²) < 4.78 is 0. The van der Waals surface area contributed by atoms with Crippen LogP contribution in [0.2, 0.25) is 0 Å². The molecule has 0 aromatic heterocycles. The van der Waals surface area contributed by atoms with Gasteiger partial charge in [-0.15, -0.1) is 0 Å². The minimum Gasteiger partial charge on any atom is -0.507 e. The zero-order valence-corrected chi connectivity index (χ0v) is 29.6. The molecular weight excluding hydrogens is 638 g/mol. The molecule has 1 aliphatic carbocycles. The Morgan fingerprint density at radius 3 is 2.10 bits per heavy atom. The number of fused-ring (bicyclic) bond motifs is 18. The van der Waals surface area contributed by atoms with Gasteiger partial charge in [-0.1, -0.05) is 75.5 Å². The first kappa shape index (κ1) is 39.7. The fraction of sp³-hybridized carbons (Fsp3) is 0.375. The van der Waals surface area contributed by atoms with E-state index in [0.717, 1.165) is 6.08 Å². The maximum atomic E-state index is 13.7. The van der Waals surface area contributed by atoms with Crippen molar-refractivity contribution >= 4 is 29.0 Å². The van der Waals surface area contributed by atoms with E-state index in [9.17, 15) is 44.4 Å². The number of ketones is 4. The van der Waals surface area contributed by atoms with Gasteiger partial charge in [0.05, 0.1) is 29.6 Å². The van der Waals surface area contributed by atoms with E-state index in [4.69, 9.17) is 0 Å². The molecular formula is C40H47NO9. The standard InChI is InChI=1S/C40H47NO9/c1-21-11-9-8-10-12-24(4)40(50)41-30-19-33(45)34-29(39(30)49)18-27(7)38(48)35(34)37(47)26(6)17-25(5)36(46)23(3)14-16-28(42)15-13-22(2)32(44)20-31(21)43/h8-14,16-19,21,23,25,28,31,36,42-43,46,48H,15,20H2,1-7H3,(H,41,50)/b10-8+,11-9-,16-14+,22-13+,24-12-,26-17+/t21-,23-,25-,28-,31-,36-/m0/s1. The van der Waals surface area contributed by atoms with E-state index in [0.29, 0.717) is 5.57 Å². The lowest BCUT2D eigenvalue weighted by Crippen LogP contribution is -2.32. The van der Waals surface area contributed by atoms with E-state index in [1.54, 1.807) is 64.2 Å². The van der Waals surface area contributed by atoms with E-state index in [-0.39, 0.29) is 63.6 Å². The number of allylic oxidation sites excluding steroid dienone is 8. The number of rotatable bonds is 0. The molecule has 1 aromatic rings. The second kappa shape index (κ2) is 17.2. The molecule has 3 aliphatic rings. The number of hydrogen-bond donors (Lipinski definition) is 5. The van der Waals surface area contributed by atoms with Crippen molar-refractivity contribution < 1.29 is 44.4 Å². The monoisotopic (exact) mass is 685 g/mol. The van der Waals surface area contributed by atoms with Crippen molar-refractivity contribution in [2.24, 2.45) is 17.8 Å². The molecule has 0 saturated carbocycles. The summed E-state index contributed by atoms with van der Waals surface area (Å²) >= 11 is 0. The van der Waals surface area contributed by atoms with Crippen LogP contribution >= 0.6 is 0 Å². The highest BCUT2D eigenvalue weighted by Crippen LogP contribution is 2.35. The number of hydrogen-bond acceptors (Lipinski definition) is 9. The molecule has 2 heterocycles. The average Bonchev–Trinajstić information content (AvgIpc) is 3.07. The van der Waals surface area contributed by atoms with Crippen LogP contribution in [-0.2, 0) is 9.59 Å². The first-order valence-electron chi connectivity index (χ1n) is 16.6. The molecule has 5 N–H and O–H groups in total. The van der Waals surface area contributed by atoms with Gasteiger partial charge in [-0.25, -0.2) is 0 Å². The summed E-state index contributed by atoms with van der Waals surface area (Å²) in [5, 5.41) is 45.5. The van der Waals surface area contributed by atoms with Crippen LogP contribution in [0.1, 0.15) is 91.0 Å². The molecule has 6 atom stereocenters. The van der Waals surface area contributed by atoms with Gasteiger partial charge in [0.25, 0.3) is 5.91 Å². The number of aliphatic hydroxyl groups excluding tert-OH is 3. The quantitative estimate of drug-likeness (QED) is 0.232. The van der Waals surface area contributed by atoms with Crippen LogP contribution in [0.4, 0.5) is 0 Å². The highest BCUT2D eigenvalue weighted by atomic mass is 16.3. The van der Waals surface area contributed by atoms with Gasteiger partial charge in [-0.3, -0.25) is 24.0 Å². The Morgan fingerprint density at radius 2 is 1.42 bits per heavy atom. The largest absolute Gasteiger partial charge is 0.507 e. The molecule has 1 aromatic carbocycles. The summed E-state index contributed by atoms with van der Waals surface area (Å²) in [7, 11) is 0. The van der Waals surface area contributed by atoms with Gasteiger partial charge in [-0.2, -0.15) is 0 Å². The molecule has 0 unspecified atom stereocenters. The van der Waals surface area contributed by atoms with Crippen molar-refractivity contribution in [1.82, 2.24) is 5.32 Å². The zero-order valence-electron chi connectivity index (χ0n) is 29.6. The molecule has 50 heavy (non-hydrogen) atoms. The number of aromatic hydroxyl groups is 1. The van der Waals surface area contributed by atoms with E-state index in [1.807, 2.05) is 0 Å². The number of phenolic OH excluding ortho intramolecular Hbond substituents is 1. The molecule has 10 nitrogen and oxygen atoms in total. The topological polar surface area (TPSA) is 178 Å². The van der Waals surface area contributed by atoms with Gasteiger partial charge in [-0.05, 0) is 56.9 Å². The van der Waals surface area contributed by atoms with E-state index in [1.165, 1.54) is 45.1 Å². The van der Waals surface area contributed by atoms with E-state index in [2.05, 4.69) is 5.32 Å². The number of Topliss-reactive ketones (excluding diaryl/α,β-unsaturated/α-hetero) is 3. The predicted octanol–water partition coefficient (Wildman–Crippen LogP) is 5.12. The molecule has 266 valence electrons. The highest BCUT2D eigenvalue weighted by molar-refractivity contribution is 6.30. The number of aryl methyl sites for hydroxylation is 1. The Morgan fingerprint density at radius 1 is 0.740 bits per heavy atom. The van der Waals surface area contributed by atoms with Crippen LogP contribution in [0.25, 0.3) is 0 Å². The summed E-state index contributed by atoms with van der Waals surface area (Å²) in [5.74, 6) is -4.91. The number of carbonyl (C=O) groups excluding carboxylic acids is 5. The first-order valence-corrected chi connectivity index (χ1v) is 16.6. The number of amides is 1. The van der Waals surface area contributed by atoms with Crippen molar-refractivity contribution in [3.05, 3.63) is 111 Å². The van der Waals surface area contributed by atoms with Gasteiger partial charge in [0.1, 0.15) is 5.75 Å². The third kappa shape index (κ3) is 9.68. The summed E-state index contributed by atoms with van der Waals surface area (Å²) in [6.07, 6.45) is 12.4. The Kier molecular flexibility index (Phi) is 13.7. The lowest BCUT2D eigenvalue weighted by molar-refractivity contribution is -0.118. The van der Waals surface area contributed by atoms with Gasteiger partial charge >= 0.3 is 0 Å². The number of carbonyl (C=O) groups is 5. The fourth-order valence-corrected chi connectivity index (χ4v) is 5.59. The maximum Gasteiger partial charge on any atom is 0.251 e. The number of benzene rings is 1. The van der Waals surface area contributed by atoms with Crippen LogP contribution < -0.4 is 5.32 Å². The third-order valence-corrected chi connectivity index (χ3v) is 9.01. The Hall–Kier alpha value is -4.77. The SMILES string of the molecule is C/C1=C/C=C/C=C\[C@H](C)[C@@H](O)CC(=O)/C(C)=C/C[C@H](O)/C=C/[C@H](C)[C@H](O)[C@@H](C)/C=C(\C)C(=O)c2c(O)c(C)cc3c2C(=O)C=C(NC1=O)C3=O. The second-order valence-electron chi connectivity index (χ2n) is 13.2. The predicted molar refractivity (Wildman–Crippen MR) is 191 cm³/mol. The van der Waals surface area contributed by atoms with Crippen LogP contribution in [0.5, 0.6) is 5.75 Å². The van der Waals surface area contributed by atoms with Gasteiger partial charge in [0, 0.05) is 47.0 Å². The van der Waals surface area contributed by atoms with Gasteiger partial charge in [0.15, 0.2) is 17.3 Å². The number of aliphatic hydroxyl groups is 3. The molecule has 1 amide bonds. The molecule has 0 spiro atoms. The summed E-state index contributed by atoms with van der Waals surface area (Å²) in [5.41, 5.74) is -0.106. The highest BCUT2D eigenvalue weighted by Gasteiger charge is 2.34. The maximum absolute atomic E-state index is 13.7. The number of nitrogens with one attached hydrogen (secondary N) is 1. The second-order valence-corrected chi connectivity index (χ2v) is 13.2. The minimum absolute atomic E-state index is 0.110. The minimum atomic E-state index is -0.987. The normalized spacial score (nSPS) is 31.8. The lowest BCUT2D eigenvalue weighted by atomic mass is 9.83. The van der Waals surface area contributed by atoms with Gasteiger partial charge < -0.3 is 25.7 Å². The molecule has 2 aliphatic heterocycles. The molecule has 0 saturated heterocycles. The van der Waals surface area contributed by atoms with Crippen molar-refractivity contribution in [3.63, 3.8) is 0 Å². The smallest absolute Gasteiger partial charge is 0.251 e. The van der Waals surface area contributed by atoms with Crippen molar-refractivity contribution in [2.45, 2.75) is 79.6 Å². The Bertz CT molecular complexity index is 1770. The Balaban J connectivity index is 2.04. The molecule has 4 rings (SSSR count). The van der Waals surface area contributed by atoms with Crippen LogP contribution in [-0.4, -0.2) is 67.8 Å². The summed E-state index contributed by atoms with van der Waals surface area (Å²) in [6, 6.07) is 1.30. The number of phenols is 1. The average molecular weight is 686 g/mol. The van der Waals surface area contributed by atoms with Crippen molar-refractivity contribution in [1.29, 1.82) is 0 Å². The zero-order chi connectivity index (χ0) is 37.4. The summed E-state index contributed by atoms with van der Waals surface area (Å²) in [4.78, 5) is 66.3. The fourth-order valence-electron chi connectivity index (χ4n) is 5.59. The lowest BCUT2D eigenvalue weighted by Gasteiger charge is -2.22. The van der Waals surface area contributed by atoms with Crippen molar-refractivity contribution in [2.75, 3.05) is 0 Å².